The van der Waals surface area contributed by atoms with E-state index in [1.54, 1.807) is 33.3 Å². The van der Waals surface area contributed by atoms with Gasteiger partial charge in [0.25, 0.3) is 0 Å². The first-order valence-electron chi connectivity index (χ1n) is 5.44. The number of aromatic nitrogens is 1. The van der Waals surface area contributed by atoms with E-state index in [1.807, 2.05) is 11.4 Å². The molecule has 0 unspecified atom stereocenters. The van der Waals surface area contributed by atoms with Gasteiger partial charge < -0.3 is 9.47 Å². The molecule has 0 bridgehead atoms. The van der Waals surface area contributed by atoms with Gasteiger partial charge in [-0.25, -0.2) is 9.37 Å². The zero-order valence-corrected chi connectivity index (χ0v) is 11.3. The molecule has 0 aliphatic heterocycles. The lowest BCUT2D eigenvalue weighted by atomic mass is 10.1. The van der Waals surface area contributed by atoms with E-state index < -0.39 is 6.29 Å². The van der Waals surface area contributed by atoms with Gasteiger partial charge in [0.05, 0.1) is 0 Å². The molecular formula is C13H14FNO2S. The summed E-state index contributed by atoms with van der Waals surface area (Å²) in [6, 6.07) is 5.28. The van der Waals surface area contributed by atoms with E-state index in [1.165, 1.54) is 11.3 Å². The maximum atomic E-state index is 14.0. The van der Waals surface area contributed by atoms with Gasteiger partial charge in [0.2, 0.25) is 6.29 Å². The molecule has 0 N–H and O–H groups in total. The molecule has 0 amide bonds. The Hall–Kier alpha value is -1.30. The van der Waals surface area contributed by atoms with Crippen LogP contribution in [0.25, 0.3) is 10.6 Å². The summed E-state index contributed by atoms with van der Waals surface area (Å²) in [5.41, 5.74) is 1.78. The molecule has 0 aliphatic rings. The van der Waals surface area contributed by atoms with Gasteiger partial charge in [0, 0.05) is 25.2 Å². The molecule has 1 aromatic carbocycles. The van der Waals surface area contributed by atoms with E-state index in [0.29, 0.717) is 21.8 Å². The first-order valence-corrected chi connectivity index (χ1v) is 6.31. The molecule has 0 spiro atoms. The molecule has 18 heavy (non-hydrogen) atoms. The van der Waals surface area contributed by atoms with Crippen LogP contribution in [0.4, 0.5) is 4.39 Å². The van der Waals surface area contributed by atoms with Crippen LogP contribution >= 0.6 is 11.3 Å². The number of ether oxygens (including phenoxy) is 2. The molecule has 2 rings (SSSR count). The molecular weight excluding hydrogens is 253 g/mol. The monoisotopic (exact) mass is 267 g/mol. The predicted octanol–water partition coefficient (Wildman–Crippen LogP) is 3.55. The Balaban J connectivity index is 2.38. The smallest absolute Gasteiger partial charge is 0.201 e. The quantitative estimate of drug-likeness (QED) is 0.794. The Morgan fingerprint density at radius 3 is 2.67 bits per heavy atom. The largest absolute Gasteiger partial charge is 0.350 e. The number of halogens is 1. The summed E-state index contributed by atoms with van der Waals surface area (Å²) in [4.78, 5) is 4.35. The number of benzene rings is 1. The molecule has 0 radical (unpaired) electrons. The molecule has 0 saturated carbocycles. The average Bonchev–Trinajstić information content (AvgIpc) is 2.84. The molecule has 1 aromatic heterocycles. The zero-order chi connectivity index (χ0) is 13.1. The fourth-order valence-corrected chi connectivity index (χ4v) is 2.51. The fourth-order valence-electron chi connectivity index (χ4n) is 1.67. The molecule has 2 aromatic rings. The lowest BCUT2D eigenvalue weighted by Crippen LogP contribution is -2.03. The maximum Gasteiger partial charge on any atom is 0.201 e. The SMILES string of the molecule is COC(OC)c1csc(-c2cccc(C)c2F)n1. The molecule has 5 heteroatoms. The van der Waals surface area contributed by atoms with Crippen LogP contribution in [0.3, 0.4) is 0 Å². The Bertz CT molecular complexity index is 538. The molecule has 0 saturated heterocycles. The molecule has 3 nitrogen and oxygen atoms in total. The first-order chi connectivity index (χ1) is 8.67. The van der Waals surface area contributed by atoms with Crippen LogP contribution in [0.5, 0.6) is 0 Å². The fraction of sp³-hybridized carbons (Fsp3) is 0.308. The molecule has 0 fully saturated rings. The van der Waals surface area contributed by atoms with Crippen molar-refractivity contribution in [3.8, 4) is 10.6 Å². The number of aryl methyl sites for hydroxylation is 1. The second-order valence-electron chi connectivity index (χ2n) is 3.82. The topological polar surface area (TPSA) is 31.4 Å². The second-order valence-corrected chi connectivity index (χ2v) is 4.68. The molecule has 0 aliphatic carbocycles. The Labute approximate surface area is 109 Å². The van der Waals surface area contributed by atoms with Crippen molar-refractivity contribution in [2.75, 3.05) is 14.2 Å². The van der Waals surface area contributed by atoms with Gasteiger partial charge in [-0.2, -0.15) is 0 Å². The van der Waals surface area contributed by atoms with Crippen molar-refractivity contribution in [3.05, 3.63) is 40.7 Å². The molecule has 0 atom stereocenters. The van der Waals surface area contributed by atoms with Crippen LogP contribution in [0, 0.1) is 12.7 Å². The van der Waals surface area contributed by atoms with Crippen LogP contribution in [0.2, 0.25) is 0 Å². The summed E-state index contributed by atoms with van der Waals surface area (Å²) in [6.45, 7) is 1.74. The lowest BCUT2D eigenvalue weighted by Gasteiger charge is -2.09. The van der Waals surface area contributed by atoms with Gasteiger partial charge in [0.15, 0.2) is 0 Å². The van der Waals surface area contributed by atoms with E-state index >= 15 is 0 Å². The number of rotatable bonds is 4. The highest BCUT2D eigenvalue weighted by Gasteiger charge is 2.16. The van der Waals surface area contributed by atoms with Crippen molar-refractivity contribution in [1.82, 2.24) is 4.98 Å². The summed E-state index contributed by atoms with van der Waals surface area (Å²) in [5.74, 6) is -0.232. The van der Waals surface area contributed by atoms with Gasteiger partial charge in [-0.1, -0.05) is 12.1 Å². The average molecular weight is 267 g/mol. The van der Waals surface area contributed by atoms with Crippen LogP contribution in [-0.2, 0) is 9.47 Å². The van der Waals surface area contributed by atoms with Gasteiger partial charge >= 0.3 is 0 Å². The van der Waals surface area contributed by atoms with E-state index in [-0.39, 0.29) is 5.82 Å². The Kier molecular flexibility index (Phi) is 4.06. The van der Waals surface area contributed by atoms with Crippen molar-refractivity contribution in [3.63, 3.8) is 0 Å². The minimum absolute atomic E-state index is 0.232. The van der Waals surface area contributed by atoms with Crippen molar-refractivity contribution < 1.29 is 13.9 Å². The third kappa shape index (κ3) is 2.43. The Morgan fingerprint density at radius 2 is 2.00 bits per heavy atom. The third-order valence-electron chi connectivity index (χ3n) is 2.61. The Morgan fingerprint density at radius 1 is 1.28 bits per heavy atom. The van der Waals surface area contributed by atoms with E-state index in [2.05, 4.69) is 4.98 Å². The highest BCUT2D eigenvalue weighted by atomic mass is 32.1. The number of nitrogens with zero attached hydrogens (tertiary/aromatic N) is 1. The highest BCUT2D eigenvalue weighted by molar-refractivity contribution is 7.13. The van der Waals surface area contributed by atoms with Gasteiger partial charge in [-0.15, -0.1) is 11.3 Å². The van der Waals surface area contributed by atoms with Gasteiger partial charge in [-0.3, -0.25) is 0 Å². The summed E-state index contributed by atoms with van der Waals surface area (Å²) in [5, 5.41) is 2.44. The van der Waals surface area contributed by atoms with Crippen molar-refractivity contribution >= 4 is 11.3 Å². The first kappa shape index (κ1) is 13.1. The van der Waals surface area contributed by atoms with Crippen molar-refractivity contribution in [1.29, 1.82) is 0 Å². The number of hydrogen-bond acceptors (Lipinski definition) is 4. The minimum atomic E-state index is -0.511. The zero-order valence-electron chi connectivity index (χ0n) is 10.4. The van der Waals surface area contributed by atoms with Crippen LogP contribution in [-0.4, -0.2) is 19.2 Å². The van der Waals surface area contributed by atoms with E-state index in [0.717, 1.165) is 0 Å². The molecule has 1 heterocycles. The number of thiazole rings is 1. The lowest BCUT2D eigenvalue weighted by molar-refractivity contribution is -0.108. The van der Waals surface area contributed by atoms with Crippen LogP contribution < -0.4 is 0 Å². The predicted molar refractivity (Wildman–Crippen MR) is 69.0 cm³/mol. The maximum absolute atomic E-state index is 14.0. The van der Waals surface area contributed by atoms with Crippen LogP contribution in [0.1, 0.15) is 17.5 Å². The number of methoxy groups -OCH3 is 2. The standard InChI is InChI=1S/C13H14FNO2S/c1-8-5-4-6-9(11(8)14)12-15-10(7-18-12)13(16-2)17-3/h4-7,13H,1-3H3. The van der Waals surface area contributed by atoms with Crippen LogP contribution in [0.15, 0.2) is 23.6 Å². The van der Waals surface area contributed by atoms with Crippen molar-refractivity contribution in [2.24, 2.45) is 0 Å². The van der Waals surface area contributed by atoms with Gasteiger partial charge in [0.1, 0.15) is 16.5 Å². The normalized spacial score (nSPS) is 11.2. The summed E-state index contributed by atoms with van der Waals surface area (Å²) in [6.07, 6.45) is -0.511. The third-order valence-corrected chi connectivity index (χ3v) is 3.51. The van der Waals surface area contributed by atoms with Gasteiger partial charge in [-0.05, 0) is 18.6 Å². The summed E-state index contributed by atoms with van der Waals surface area (Å²) in [7, 11) is 3.08. The minimum Gasteiger partial charge on any atom is -0.350 e. The highest BCUT2D eigenvalue weighted by Crippen LogP contribution is 2.30. The second kappa shape index (κ2) is 5.56. The molecule has 96 valence electrons. The summed E-state index contributed by atoms with van der Waals surface area (Å²) < 4.78 is 24.2. The summed E-state index contributed by atoms with van der Waals surface area (Å²) >= 11 is 1.37. The van der Waals surface area contributed by atoms with E-state index in [9.17, 15) is 4.39 Å². The van der Waals surface area contributed by atoms with E-state index in [4.69, 9.17) is 9.47 Å². The number of hydrogen-bond donors (Lipinski definition) is 0. The van der Waals surface area contributed by atoms with Crippen molar-refractivity contribution in [2.45, 2.75) is 13.2 Å².